The fourth-order valence-corrected chi connectivity index (χ4v) is 3.77. The topological polar surface area (TPSA) is 12.5 Å². The van der Waals surface area contributed by atoms with Crippen LogP contribution in [0, 0.1) is 5.92 Å². The van der Waals surface area contributed by atoms with Crippen molar-refractivity contribution in [2.24, 2.45) is 5.92 Å². The van der Waals surface area contributed by atoms with Gasteiger partial charge in [-0.05, 0) is 62.8 Å². The van der Waals surface area contributed by atoms with Crippen LogP contribution < -0.4 is 4.74 Å². The number of likely N-dealkylation sites (N-methyl/N-ethyl adjacent to an activating group) is 1. The number of ether oxygens (including phenoxy) is 1. The van der Waals surface area contributed by atoms with Crippen molar-refractivity contribution in [3.05, 3.63) is 41.5 Å². The summed E-state index contributed by atoms with van der Waals surface area (Å²) in [7, 11) is 4.02. The van der Waals surface area contributed by atoms with Crippen molar-refractivity contribution in [1.82, 2.24) is 4.90 Å². The van der Waals surface area contributed by atoms with Crippen molar-refractivity contribution < 1.29 is 4.74 Å². The normalized spacial score (nSPS) is 26.8. The summed E-state index contributed by atoms with van der Waals surface area (Å²) in [6.45, 7) is 1.21. The minimum absolute atomic E-state index is 0.670. The first-order chi connectivity index (χ1) is 9.78. The van der Waals surface area contributed by atoms with Crippen LogP contribution in [0.1, 0.15) is 31.2 Å². The van der Waals surface area contributed by atoms with E-state index in [1.54, 1.807) is 12.7 Å². The summed E-state index contributed by atoms with van der Waals surface area (Å²) in [4.78, 5) is 2.57. The summed E-state index contributed by atoms with van der Waals surface area (Å²) < 4.78 is 5.25. The zero-order chi connectivity index (χ0) is 13.9. The van der Waals surface area contributed by atoms with Gasteiger partial charge in [-0.15, -0.1) is 0 Å². The molecule has 2 atom stereocenters. The second kappa shape index (κ2) is 6.01. The van der Waals surface area contributed by atoms with Crippen molar-refractivity contribution in [3.8, 4) is 5.75 Å². The lowest BCUT2D eigenvalue weighted by Crippen LogP contribution is -2.45. The molecule has 2 heteroatoms. The number of hydrogen-bond donors (Lipinski definition) is 0. The van der Waals surface area contributed by atoms with Crippen LogP contribution in [0.5, 0.6) is 5.75 Å². The molecular formula is C18H25NO. The van der Waals surface area contributed by atoms with E-state index in [4.69, 9.17) is 4.74 Å². The van der Waals surface area contributed by atoms with Gasteiger partial charge in [0, 0.05) is 12.6 Å². The molecule has 1 aliphatic carbocycles. The molecule has 0 amide bonds. The predicted octanol–water partition coefficient (Wildman–Crippen LogP) is 3.67. The van der Waals surface area contributed by atoms with Crippen molar-refractivity contribution in [2.75, 3.05) is 20.7 Å². The Hall–Kier alpha value is -1.28. The Morgan fingerprint density at radius 1 is 1.25 bits per heavy atom. The van der Waals surface area contributed by atoms with Crippen LogP contribution in [0.3, 0.4) is 0 Å². The SMILES string of the molecule is COc1ccc(CC2C3CCCC=C3CCN2C)cc1. The maximum atomic E-state index is 5.25. The molecule has 1 heterocycles. The largest absolute Gasteiger partial charge is 0.497 e. The molecule has 0 aromatic heterocycles. The molecule has 0 spiro atoms. The van der Waals surface area contributed by atoms with Gasteiger partial charge >= 0.3 is 0 Å². The average Bonchev–Trinajstić information content (AvgIpc) is 2.51. The van der Waals surface area contributed by atoms with E-state index >= 15 is 0 Å². The van der Waals surface area contributed by atoms with Gasteiger partial charge in [0.1, 0.15) is 5.75 Å². The minimum Gasteiger partial charge on any atom is -0.497 e. The standard InChI is InChI=1S/C18H25NO/c1-19-12-11-15-5-3-4-6-17(15)18(19)13-14-7-9-16(20-2)10-8-14/h5,7-10,17-18H,3-4,6,11-13H2,1-2H3. The minimum atomic E-state index is 0.670. The Balaban J connectivity index is 1.76. The highest BCUT2D eigenvalue weighted by Gasteiger charge is 2.33. The second-order valence-electron chi connectivity index (χ2n) is 6.17. The molecule has 0 bridgehead atoms. The Morgan fingerprint density at radius 3 is 2.80 bits per heavy atom. The quantitative estimate of drug-likeness (QED) is 0.778. The van der Waals surface area contributed by atoms with Crippen LogP contribution in [-0.2, 0) is 6.42 Å². The van der Waals surface area contributed by atoms with Crippen molar-refractivity contribution in [2.45, 2.75) is 38.1 Å². The lowest BCUT2D eigenvalue weighted by molar-refractivity contribution is 0.148. The van der Waals surface area contributed by atoms with Crippen LogP contribution in [0.15, 0.2) is 35.9 Å². The summed E-state index contributed by atoms with van der Waals surface area (Å²) in [5, 5.41) is 0. The highest BCUT2D eigenvalue weighted by Crippen LogP contribution is 2.36. The lowest BCUT2D eigenvalue weighted by Gasteiger charge is -2.43. The number of piperidine rings is 1. The first kappa shape index (κ1) is 13.7. The summed E-state index contributed by atoms with van der Waals surface area (Å²) in [5.74, 6) is 1.73. The van der Waals surface area contributed by atoms with Crippen molar-refractivity contribution in [3.63, 3.8) is 0 Å². The van der Waals surface area contributed by atoms with Gasteiger partial charge in [0.15, 0.2) is 0 Å². The van der Waals surface area contributed by atoms with E-state index in [0.29, 0.717) is 6.04 Å². The van der Waals surface area contributed by atoms with Crippen LogP contribution in [-0.4, -0.2) is 31.6 Å². The molecular weight excluding hydrogens is 246 g/mol. The van der Waals surface area contributed by atoms with Gasteiger partial charge in [0.2, 0.25) is 0 Å². The number of likely N-dealkylation sites (tertiary alicyclic amines) is 1. The Labute approximate surface area is 122 Å². The summed E-state index contributed by atoms with van der Waals surface area (Å²) in [5.41, 5.74) is 3.15. The van der Waals surface area contributed by atoms with E-state index in [-0.39, 0.29) is 0 Å². The summed E-state index contributed by atoms with van der Waals surface area (Å²) >= 11 is 0. The second-order valence-corrected chi connectivity index (χ2v) is 6.17. The number of nitrogens with zero attached hydrogens (tertiary/aromatic N) is 1. The molecule has 1 aromatic carbocycles. The third-order valence-corrected chi connectivity index (χ3v) is 4.99. The number of methoxy groups -OCH3 is 1. The Kier molecular flexibility index (Phi) is 4.11. The van der Waals surface area contributed by atoms with E-state index in [1.807, 2.05) is 0 Å². The molecule has 2 nitrogen and oxygen atoms in total. The molecule has 1 saturated heterocycles. The lowest BCUT2D eigenvalue weighted by atomic mass is 9.76. The van der Waals surface area contributed by atoms with Crippen LogP contribution in [0.4, 0.5) is 0 Å². The van der Waals surface area contributed by atoms with E-state index in [0.717, 1.165) is 18.1 Å². The molecule has 3 rings (SSSR count). The summed E-state index contributed by atoms with van der Waals surface area (Å²) in [6, 6.07) is 9.26. The number of fused-ring (bicyclic) bond motifs is 1. The Bertz CT molecular complexity index is 477. The van der Waals surface area contributed by atoms with Gasteiger partial charge in [0.25, 0.3) is 0 Å². The van der Waals surface area contributed by atoms with E-state index in [1.165, 1.54) is 37.8 Å². The molecule has 20 heavy (non-hydrogen) atoms. The molecule has 0 N–H and O–H groups in total. The van der Waals surface area contributed by atoms with Gasteiger partial charge in [-0.1, -0.05) is 23.8 Å². The summed E-state index contributed by atoms with van der Waals surface area (Å²) in [6.07, 6.45) is 8.98. The van der Waals surface area contributed by atoms with Gasteiger partial charge < -0.3 is 9.64 Å². The van der Waals surface area contributed by atoms with Crippen molar-refractivity contribution >= 4 is 0 Å². The number of hydrogen-bond acceptors (Lipinski definition) is 2. The van der Waals surface area contributed by atoms with Gasteiger partial charge in [-0.3, -0.25) is 0 Å². The molecule has 0 saturated carbocycles. The van der Waals surface area contributed by atoms with Crippen LogP contribution in [0.25, 0.3) is 0 Å². The van der Waals surface area contributed by atoms with Crippen molar-refractivity contribution in [1.29, 1.82) is 0 Å². The van der Waals surface area contributed by atoms with Gasteiger partial charge in [0.05, 0.1) is 7.11 Å². The highest BCUT2D eigenvalue weighted by atomic mass is 16.5. The monoisotopic (exact) mass is 271 g/mol. The first-order valence-electron chi connectivity index (χ1n) is 7.80. The van der Waals surface area contributed by atoms with E-state index in [9.17, 15) is 0 Å². The van der Waals surface area contributed by atoms with Crippen LogP contribution >= 0.6 is 0 Å². The zero-order valence-electron chi connectivity index (χ0n) is 12.6. The average molecular weight is 271 g/mol. The Morgan fingerprint density at radius 2 is 2.05 bits per heavy atom. The molecule has 108 valence electrons. The maximum Gasteiger partial charge on any atom is 0.118 e. The number of rotatable bonds is 3. The molecule has 1 aromatic rings. The van der Waals surface area contributed by atoms with Crippen LogP contribution in [0.2, 0.25) is 0 Å². The third kappa shape index (κ3) is 2.76. The fraction of sp³-hybridized carbons (Fsp3) is 0.556. The maximum absolute atomic E-state index is 5.25. The third-order valence-electron chi connectivity index (χ3n) is 4.99. The number of allylic oxidation sites excluding steroid dienone is 1. The van der Waals surface area contributed by atoms with Gasteiger partial charge in [-0.25, -0.2) is 0 Å². The number of benzene rings is 1. The molecule has 2 unspecified atom stereocenters. The molecule has 0 radical (unpaired) electrons. The fourth-order valence-electron chi connectivity index (χ4n) is 3.77. The molecule has 2 aliphatic rings. The smallest absolute Gasteiger partial charge is 0.118 e. The molecule has 1 aliphatic heterocycles. The van der Waals surface area contributed by atoms with E-state index in [2.05, 4.69) is 42.3 Å². The first-order valence-corrected chi connectivity index (χ1v) is 7.80. The van der Waals surface area contributed by atoms with E-state index < -0.39 is 0 Å². The molecule has 1 fully saturated rings. The zero-order valence-corrected chi connectivity index (χ0v) is 12.6. The predicted molar refractivity (Wildman–Crippen MR) is 83.2 cm³/mol. The van der Waals surface area contributed by atoms with Gasteiger partial charge in [-0.2, -0.15) is 0 Å². The highest BCUT2D eigenvalue weighted by molar-refractivity contribution is 5.28.